The quantitative estimate of drug-likeness (QED) is 0.733. The molecular formula is C10H14N4O. The highest BCUT2D eigenvalue weighted by Gasteiger charge is 1.99. The van der Waals surface area contributed by atoms with Gasteiger partial charge in [0.15, 0.2) is 0 Å². The molecule has 0 aliphatic heterocycles. The number of nitrogens with one attached hydrogen (secondary N) is 1. The molecule has 2 aromatic rings. The van der Waals surface area contributed by atoms with E-state index in [4.69, 9.17) is 4.52 Å². The molecule has 0 fully saturated rings. The van der Waals surface area contributed by atoms with Gasteiger partial charge in [-0.25, -0.2) is 4.98 Å². The van der Waals surface area contributed by atoms with Crippen LogP contribution in [0.2, 0.25) is 0 Å². The second kappa shape index (κ2) is 4.75. The van der Waals surface area contributed by atoms with Crippen molar-refractivity contribution in [3.05, 3.63) is 36.2 Å². The van der Waals surface area contributed by atoms with E-state index in [1.165, 1.54) is 0 Å². The van der Waals surface area contributed by atoms with E-state index in [-0.39, 0.29) is 0 Å². The van der Waals surface area contributed by atoms with Gasteiger partial charge in [0.25, 0.3) is 0 Å². The summed E-state index contributed by atoms with van der Waals surface area (Å²) in [6, 6.07) is 1.85. The van der Waals surface area contributed by atoms with Crippen molar-refractivity contribution in [2.45, 2.75) is 13.0 Å². The van der Waals surface area contributed by atoms with Crippen LogP contribution in [0.25, 0.3) is 0 Å². The molecule has 5 heteroatoms. The van der Waals surface area contributed by atoms with Crippen molar-refractivity contribution in [1.82, 2.24) is 20.0 Å². The Morgan fingerprint density at radius 2 is 2.40 bits per heavy atom. The predicted molar refractivity (Wildman–Crippen MR) is 55.1 cm³/mol. The summed E-state index contributed by atoms with van der Waals surface area (Å²) in [7, 11) is 2.00. The zero-order chi connectivity index (χ0) is 10.5. The summed E-state index contributed by atoms with van der Waals surface area (Å²) in [5, 5.41) is 6.90. The van der Waals surface area contributed by atoms with Crippen molar-refractivity contribution in [2.75, 3.05) is 6.54 Å². The van der Waals surface area contributed by atoms with Crippen LogP contribution in [0.15, 0.2) is 29.2 Å². The van der Waals surface area contributed by atoms with Crippen LogP contribution in [0.3, 0.4) is 0 Å². The molecule has 2 aromatic heterocycles. The Balaban J connectivity index is 1.70. The molecule has 0 saturated carbocycles. The number of aryl methyl sites for hydroxylation is 1. The van der Waals surface area contributed by atoms with Gasteiger partial charge in [-0.3, -0.25) is 0 Å². The minimum absolute atomic E-state index is 0.713. The normalized spacial score (nSPS) is 10.7. The molecule has 0 bridgehead atoms. The molecule has 0 aliphatic carbocycles. The molecule has 0 amide bonds. The molecule has 2 heterocycles. The first kappa shape index (κ1) is 9.92. The van der Waals surface area contributed by atoms with Crippen molar-refractivity contribution in [2.24, 2.45) is 7.05 Å². The maximum absolute atomic E-state index is 4.96. The first-order valence-corrected chi connectivity index (χ1v) is 4.93. The maximum atomic E-state index is 4.96. The Bertz CT molecular complexity index is 393. The van der Waals surface area contributed by atoms with Crippen LogP contribution in [0.5, 0.6) is 0 Å². The van der Waals surface area contributed by atoms with Crippen molar-refractivity contribution in [3.63, 3.8) is 0 Å². The molecule has 0 saturated heterocycles. The third kappa shape index (κ3) is 2.66. The standard InChI is InChI=1S/C10H14N4O/c1-14-7-6-12-10(14)3-4-11-8-9-2-5-13-15-9/h2,5-7,11H,3-4,8H2,1H3. The summed E-state index contributed by atoms with van der Waals surface area (Å²) in [5.41, 5.74) is 0. The monoisotopic (exact) mass is 206 g/mol. The second-order valence-corrected chi connectivity index (χ2v) is 3.36. The minimum atomic E-state index is 0.713. The fourth-order valence-corrected chi connectivity index (χ4v) is 1.38. The van der Waals surface area contributed by atoms with E-state index in [0.29, 0.717) is 6.54 Å². The fraction of sp³-hybridized carbons (Fsp3) is 0.400. The highest BCUT2D eigenvalue weighted by Crippen LogP contribution is 1.96. The van der Waals surface area contributed by atoms with Gasteiger partial charge in [0, 0.05) is 38.5 Å². The summed E-state index contributed by atoms with van der Waals surface area (Å²) in [4.78, 5) is 4.24. The smallest absolute Gasteiger partial charge is 0.150 e. The average molecular weight is 206 g/mol. The number of hydrogen-bond donors (Lipinski definition) is 1. The van der Waals surface area contributed by atoms with Gasteiger partial charge in [-0.1, -0.05) is 5.16 Å². The number of rotatable bonds is 5. The summed E-state index contributed by atoms with van der Waals surface area (Å²) >= 11 is 0. The first-order chi connectivity index (χ1) is 7.36. The lowest BCUT2D eigenvalue weighted by Gasteiger charge is -2.02. The van der Waals surface area contributed by atoms with E-state index < -0.39 is 0 Å². The molecule has 0 spiro atoms. The SMILES string of the molecule is Cn1ccnc1CCNCc1ccno1. The average Bonchev–Trinajstić information content (AvgIpc) is 2.85. The third-order valence-corrected chi connectivity index (χ3v) is 2.24. The summed E-state index contributed by atoms with van der Waals surface area (Å²) < 4.78 is 6.99. The van der Waals surface area contributed by atoms with Gasteiger partial charge in [-0.05, 0) is 0 Å². The second-order valence-electron chi connectivity index (χ2n) is 3.36. The van der Waals surface area contributed by atoms with E-state index in [0.717, 1.165) is 24.6 Å². The number of aromatic nitrogens is 3. The molecule has 2 rings (SSSR count). The van der Waals surface area contributed by atoms with Crippen LogP contribution < -0.4 is 5.32 Å². The van der Waals surface area contributed by atoms with Crippen LogP contribution in [-0.2, 0) is 20.0 Å². The molecule has 0 aliphatic rings. The Labute approximate surface area is 88.1 Å². The molecule has 0 aromatic carbocycles. The zero-order valence-corrected chi connectivity index (χ0v) is 8.68. The predicted octanol–water partition coefficient (Wildman–Crippen LogP) is 0.740. The van der Waals surface area contributed by atoms with E-state index in [9.17, 15) is 0 Å². The lowest BCUT2D eigenvalue weighted by Crippen LogP contribution is -2.17. The molecule has 0 atom stereocenters. The van der Waals surface area contributed by atoms with Gasteiger partial charge in [-0.2, -0.15) is 0 Å². The highest BCUT2D eigenvalue weighted by atomic mass is 16.5. The molecular weight excluding hydrogens is 192 g/mol. The van der Waals surface area contributed by atoms with Crippen molar-refractivity contribution < 1.29 is 4.52 Å². The molecule has 0 unspecified atom stereocenters. The summed E-state index contributed by atoms with van der Waals surface area (Å²) in [6.45, 7) is 1.59. The summed E-state index contributed by atoms with van der Waals surface area (Å²) in [6.07, 6.45) is 6.32. The van der Waals surface area contributed by atoms with Gasteiger partial charge >= 0.3 is 0 Å². The lowest BCUT2D eigenvalue weighted by atomic mass is 10.4. The molecule has 15 heavy (non-hydrogen) atoms. The Kier molecular flexibility index (Phi) is 3.14. The minimum Gasteiger partial charge on any atom is -0.360 e. The van der Waals surface area contributed by atoms with Gasteiger partial charge < -0.3 is 14.4 Å². The van der Waals surface area contributed by atoms with E-state index >= 15 is 0 Å². The van der Waals surface area contributed by atoms with Crippen molar-refractivity contribution in [1.29, 1.82) is 0 Å². The Hall–Kier alpha value is -1.62. The van der Waals surface area contributed by atoms with Crippen LogP contribution >= 0.6 is 0 Å². The van der Waals surface area contributed by atoms with Crippen LogP contribution in [0, 0.1) is 0 Å². The molecule has 5 nitrogen and oxygen atoms in total. The fourth-order valence-electron chi connectivity index (χ4n) is 1.38. The van der Waals surface area contributed by atoms with Crippen LogP contribution in [-0.4, -0.2) is 21.3 Å². The molecule has 1 N–H and O–H groups in total. The molecule has 0 radical (unpaired) electrons. The maximum Gasteiger partial charge on any atom is 0.150 e. The topological polar surface area (TPSA) is 55.9 Å². The van der Waals surface area contributed by atoms with Gasteiger partial charge in [0.05, 0.1) is 12.7 Å². The van der Waals surface area contributed by atoms with Crippen molar-refractivity contribution in [3.8, 4) is 0 Å². The van der Waals surface area contributed by atoms with Gasteiger partial charge in [0.1, 0.15) is 11.6 Å². The van der Waals surface area contributed by atoms with E-state index in [2.05, 4.69) is 15.5 Å². The lowest BCUT2D eigenvalue weighted by molar-refractivity contribution is 0.373. The zero-order valence-electron chi connectivity index (χ0n) is 8.68. The van der Waals surface area contributed by atoms with Gasteiger partial charge in [0.2, 0.25) is 0 Å². The Morgan fingerprint density at radius 3 is 3.07 bits per heavy atom. The highest BCUT2D eigenvalue weighted by molar-refractivity contribution is 4.94. The van der Waals surface area contributed by atoms with E-state index in [1.807, 2.05) is 30.1 Å². The summed E-state index contributed by atoms with van der Waals surface area (Å²) in [5.74, 6) is 1.94. The number of imidazole rings is 1. The van der Waals surface area contributed by atoms with E-state index in [1.54, 1.807) is 6.20 Å². The number of nitrogens with zero attached hydrogens (tertiary/aromatic N) is 3. The van der Waals surface area contributed by atoms with Crippen molar-refractivity contribution >= 4 is 0 Å². The first-order valence-electron chi connectivity index (χ1n) is 4.93. The largest absolute Gasteiger partial charge is 0.360 e. The third-order valence-electron chi connectivity index (χ3n) is 2.24. The number of hydrogen-bond acceptors (Lipinski definition) is 4. The molecule has 80 valence electrons. The van der Waals surface area contributed by atoms with Crippen LogP contribution in [0.1, 0.15) is 11.6 Å². The van der Waals surface area contributed by atoms with Crippen LogP contribution in [0.4, 0.5) is 0 Å². The Morgan fingerprint density at radius 1 is 1.47 bits per heavy atom. The van der Waals surface area contributed by atoms with Gasteiger partial charge in [-0.15, -0.1) is 0 Å².